The number of rotatable bonds is 4. The van der Waals surface area contributed by atoms with Gasteiger partial charge in [0.05, 0.1) is 11.2 Å². The molecule has 0 saturated carbocycles. The van der Waals surface area contributed by atoms with Crippen molar-refractivity contribution in [1.29, 1.82) is 0 Å². The lowest BCUT2D eigenvalue weighted by Gasteiger charge is -2.02. The first kappa shape index (κ1) is 12.8. The summed E-state index contributed by atoms with van der Waals surface area (Å²) in [7, 11) is 1.88. The minimum Gasteiger partial charge on any atom is -0.350 e. The average Bonchev–Trinajstić information content (AvgIpc) is 2.85. The van der Waals surface area contributed by atoms with Crippen LogP contribution in [0.15, 0.2) is 12.4 Å². The highest BCUT2D eigenvalue weighted by molar-refractivity contribution is 7.11. The average molecular weight is 264 g/mol. The van der Waals surface area contributed by atoms with Crippen LogP contribution in [0.3, 0.4) is 0 Å². The van der Waals surface area contributed by atoms with Crippen molar-refractivity contribution in [3.63, 3.8) is 0 Å². The molecule has 1 amide bonds. The molecule has 2 rings (SSSR count). The second kappa shape index (κ2) is 5.30. The van der Waals surface area contributed by atoms with Crippen LogP contribution in [-0.4, -0.2) is 27.2 Å². The number of hydrogen-bond donors (Lipinski definition) is 1. The fourth-order valence-electron chi connectivity index (χ4n) is 1.74. The summed E-state index contributed by atoms with van der Waals surface area (Å²) in [5.41, 5.74) is 1.66. The number of hydrogen-bond acceptors (Lipinski definition) is 4. The quantitative estimate of drug-likeness (QED) is 0.909. The number of amides is 1. The van der Waals surface area contributed by atoms with Gasteiger partial charge in [0, 0.05) is 24.7 Å². The minimum atomic E-state index is -0.0965. The summed E-state index contributed by atoms with van der Waals surface area (Å²) in [6.45, 7) is 4.42. The Hall–Kier alpha value is -1.69. The Balaban J connectivity index is 1.87. The van der Waals surface area contributed by atoms with Gasteiger partial charge < -0.3 is 5.32 Å². The number of thiazole rings is 1. The zero-order valence-corrected chi connectivity index (χ0v) is 11.5. The SMILES string of the molecule is Cc1nc(C(=O)NCCc2cnn(C)c2)c(C)s1. The van der Waals surface area contributed by atoms with E-state index in [0.717, 1.165) is 21.9 Å². The van der Waals surface area contributed by atoms with Gasteiger partial charge in [0.25, 0.3) is 5.91 Å². The van der Waals surface area contributed by atoms with Gasteiger partial charge in [-0.15, -0.1) is 11.3 Å². The van der Waals surface area contributed by atoms with E-state index < -0.39 is 0 Å². The Bertz CT molecular complexity index is 558. The summed E-state index contributed by atoms with van der Waals surface area (Å²) in [6.07, 6.45) is 4.54. The zero-order valence-electron chi connectivity index (χ0n) is 10.7. The van der Waals surface area contributed by atoms with Crippen molar-refractivity contribution in [3.05, 3.63) is 33.5 Å². The highest BCUT2D eigenvalue weighted by atomic mass is 32.1. The summed E-state index contributed by atoms with van der Waals surface area (Å²) in [6, 6.07) is 0. The molecule has 0 aliphatic heterocycles. The molecule has 0 bridgehead atoms. The lowest BCUT2D eigenvalue weighted by atomic mass is 10.2. The first-order chi connectivity index (χ1) is 8.56. The number of aryl methyl sites for hydroxylation is 3. The van der Waals surface area contributed by atoms with Crippen molar-refractivity contribution in [1.82, 2.24) is 20.1 Å². The van der Waals surface area contributed by atoms with Crippen molar-refractivity contribution in [2.24, 2.45) is 7.05 Å². The van der Waals surface area contributed by atoms with Crippen molar-refractivity contribution in [2.45, 2.75) is 20.3 Å². The lowest BCUT2D eigenvalue weighted by Crippen LogP contribution is -2.26. The largest absolute Gasteiger partial charge is 0.350 e. The number of carbonyl (C=O) groups excluding carboxylic acids is 1. The van der Waals surface area contributed by atoms with Crippen LogP contribution < -0.4 is 5.32 Å². The van der Waals surface area contributed by atoms with E-state index in [0.29, 0.717) is 12.2 Å². The number of nitrogens with one attached hydrogen (secondary N) is 1. The Morgan fingerprint density at radius 3 is 2.83 bits per heavy atom. The number of carbonyl (C=O) groups is 1. The van der Waals surface area contributed by atoms with Gasteiger partial charge in [-0.1, -0.05) is 0 Å². The predicted octanol–water partition coefficient (Wildman–Crippen LogP) is 1.47. The molecule has 96 valence electrons. The normalized spacial score (nSPS) is 10.6. The fraction of sp³-hybridized carbons (Fsp3) is 0.417. The van der Waals surface area contributed by atoms with Gasteiger partial charge in [0.15, 0.2) is 0 Å². The number of nitrogens with zero attached hydrogens (tertiary/aromatic N) is 3. The molecule has 2 heterocycles. The van der Waals surface area contributed by atoms with E-state index in [-0.39, 0.29) is 5.91 Å². The van der Waals surface area contributed by atoms with E-state index in [1.165, 1.54) is 0 Å². The maximum Gasteiger partial charge on any atom is 0.271 e. The summed E-state index contributed by atoms with van der Waals surface area (Å²) in [4.78, 5) is 17.1. The molecule has 1 N–H and O–H groups in total. The van der Waals surface area contributed by atoms with Crippen LogP contribution in [-0.2, 0) is 13.5 Å². The van der Waals surface area contributed by atoms with E-state index in [4.69, 9.17) is 0 Å². The first-order valence-corrected chi connectivity index (χ1v) is 6.57. The van der Waals surface area contributed by atoms with Gasteiger partial charge in [-0.3, -0.25) is 9.48 Å². The molecule has 5 nitrogen and oxygen atoms in total. The van der Waals surface area contributed by atoms with Crippen LogP contribution in [0, 0.1) is 13.8 Å². The summed E-state index contributed by atoms with van der Waals surface area (Å²) in [5, 5.41) is 7.88. The molecule has 0 aromatic carbocycles. The highest BCUT2D eigenvalue weighted by Crippen LogP contribution is 2.15. The third kappa shape index (κ3) is 2.95. The van der Waals surface area contributed by atoms with Crippen molar-refractivity contribution in [2.75, 3.05) is 6.54 Å². The van der Waals surface area contributed by atoms with Crippen LogP contribution >= 0.6 is 11.3 Å². The highest BCUT2D eigenvalue weighted by Gasteiger charge is 2.13. The van der Waals surface area contributed by atoms with E-state index in [1.807, 2.05) is 33.3 Å². The summed E-state index contributed by atoms with van der Waals surface area (Å²) >= 11 is 1.55. The number of aromatic nitrogens is 3. The fourth-order valence-corrected chi connectivity index (χ4v) is 2.56. The Labute approximate surface area is 110 Å². The van der Waals surface area contributed by atoms with Gasteiger partial charge in [0.2, 0.25) is 0 Å². The molecule has 0 unspecified atom stereocenters. The molecule has 0 spiro atoms. The third-order valence-corrected chi connectivity index (χ3v) is 3.46. The Kier molecular flexibility index (Phi) is 3.76. The molecule has 0 aliphatic rings. The van der Waals surface area contributed by atoms with Crippen molar-refractivity contribution in [3.8, 4) is 0 Å². The summed E-state index contributed by atoms with van der Waals surface area (Å²) in [5.74, 6) is -0.0965. The Morgan fingerprint density at radius 2 is 2.28 bits per heavy atom. The van der Waals surface area contributed by atoms with Crippen molar-refractivity contribution < 1.29 is 4.79 Å². The van der Waals surface area contributed by atoms with Gasteiger partial charge >= 0.3 is 0 Å². The lowest BCUT2D eigenvalue weighted by molar-refractivity contribution is 0.0949. The van der Waals surface area contributed by atoms with Gasteiger partial charge in [-0.2, -0.15) is 5.10 Å². The van der Waals surface area contributed by atoms with Crippen LogP contribution in [0.1, 0.15) is 25.9 Å². The first-order valence-electron chi connectivity index (χ1n) is 5.76. The van der Waals surface area contributed by atoms with Crippen LogP contribution in [0.25, 0.3) is 0 Å². The molecule has 0 saturated heterocycles. The summed E-state index contributed by atoms with van der Waals surface area (Å²) < 4.78 is 1.76. The maximum atomic E-state index is 11.9. The second-order valence-corrected chi connectivity index (χ2v) is 5.57. The molecular formula is C12H16N4OS. The van der Waals surface area contributed by atoms with Crippen molar-refractivity contribution >= 4 is 17.2 Å². The molecular weight excluding hydrogens is 248 g/mol. The predicted molar refractivity (Wildman–Crippen MR) is 70.8 cm³/mol. The standard InChI is InChI=1S/C12H16N4OS/c1-8-11(15-9(2)18-8)12(17)13-5-4-10-6-14-16(3)7-10/h6-7H,4-5H2,1-3H3,(H,13,17). The topological polar surface area (TPSA) is 59.8 Å². The second-order valence-electron chi connectivity index (χ2n) is 4.17. The monoisotopic (exact) mass is 264 g/mol. The van der Waals surface area contributed by atoms with Gasteiger partial charge in [-0.05, 0) is 25.8 Å². The zero-order chi connectivity index (χ0) is 13.1. The molecule has 2 aromatic heterocycles. The van der Waals surface area contributed by atoms with Gasteiger partial charge in [-0.25, -0.2) is 4.98 Å². The molecule has 18 heavy (non-hydrogen) atoms. The molecule has 6 heteroatoms. The van der Waals surface area contributed by atoms with Gasteiger partial charge in [0.1, 0.15) is 5.69 Å². The molecule has 0 atom stereocenters. The molecule has 0 radical (unpaired) electrons. The van der Waals surface area contributed by atoms with E-state index in [9.17, 15) is 4.79 Å². The third-order valence-electron chi connectivity index (χ3n) is 2.58. The Morgan fingerprint density at radius 1 is 1.50 bits per heavy atom. The van der Waals surface area contributed by atoms with Crippen LogP contribution in [0.2, 0.25) is 0 Å². The minimum absolute atomic E-state index is 0.0965. The van der Waals surface area contributed by atoms with E-state index >= 15 is 0 Å². The van der Waals surface area contributed by atoms with Crippen LogP contribution in [0.4, 0.5) is 0 Å². The molecule has 0 fully saturated rings. The van der Waals surface area contributed by atoms with E-state index in [1.54, 1.807) is 16.0 Å². The molecule has 0 aliphatic carbocycles. The maximum absolute atomic E-state index is 11.9. The van der Waals surface area contributed by atoms with E-state index in [2.05, 4.69) is 15.4 Å². The smallest absolute Gasteiger partial charge is 0.271 e. The van der Waals surface area contributed by atoms with Crippen LogP contribution in [0.5, 0.6) is 0 Å². The molecule has 2 aromatic rings.